The van der Waals surface area contributed by atoms with Crippen LogP contribution in [0.2, 0.25) is 0 Å². The summed E-state index contributed by atoms with van der Waals surface area (Å²) in [4.78, 5) is 0. The third-order valence-corrected chi connectivity index (χ3v) is 4.55. The molecule has 0 heterocycles. The molecular weight excluding hydrogens is 144 g/mol. The lowest BCUT2D eigenvalue weighted by Crippen LogP contribution is -2.10. The molecule has 0 aromatic rings. The molecule has 62 valence electrons. The highest BCUT2D eigenvalue weighted by molar-refractivity contribution is 5.39. The zero-order valence-corrected chi connectivity index (χ0v) is 7.29. The molecular formula is C12H14. The first-order chi connectivity index (χ1) is 5.93. The quantitative estimate of drug-likeness (QED) is 0.475. The zero-order valence-electron chi connectivity index (χ0n) is 7.29. The van der Waals surface area contributed by atoms with Gasteiger partial charge in [-0.1, -0.05) is 23.3 Å². The van der Waals surface area contributed by atoms with Gasteiger partial charge in [0, 0.05) is 0 Å². The van der Waals surface area contributed by atoms with E-state index in [1.54, 1.807) is 0 Å². The van der Waals surface area contributed by atoms with Crippen molar-refractivity contribution < 1.29 is 0 Å². The number of allylic oxidation sites excluding steroid dienone is 4. The summed E-state index contributed by atoms with van der Waals surface area (Å²) in [5.41, 5.74) is 3.67. The second-order valence-corrected chi connectivity index (χ2v) is 4.94. The molecule has 0 saturated heterocycles. The lowest BCUT2D eigenvalue weighted by Gasteiger charge is -2.15. The standard InChI is InChI=1S/C12H14/c1-2-8-6-10-4-3-9-5-7(1)11(8)12(9)10/h5-7,10-12H,1-4H2/t7-,10+,11-,12+/m1/s1. The van der Waals surface area contributed by atoms with Gasteiger partial charge in [-0.05, 0) is 49.4 Å². The Hall–Kier alpha value is -0.520. The number of rotatable bonds is 0. The maximum atomic E-state index is 2.63. The fraction of sp³-hybridized carbons (Fsp3) is 0.667. The first kappa shape index (κ1) is 6.01. The largest absolute Gasteiger partial charge is 0.0813 e. The Morgan fingerprint density at radius 2 is 1.33 bits per heavy atom. The van der Waals surface area contributed by atoms with Crippen molar-refractivity contribution in [2.45, 2.75) is 25.7 Å². The number of hydrogen-bond acceptors (Lipinski definition) is 0. The van der Waals surface area contributed by atoms with E-state index < -0.39 is 0 Å². The summed E-state index contributed by atoms with van der Waals surface area (Å²) in [5, 5.41) is 0. The molecule has 4 rings (SSSR count). The first-order valence-corrected chi connectivity index (χ1v) is 5.34. The van der Waals surface area contributed by atoms with Gasteiger partial charge in [0.05, 0.1) is 0 Å². The van der Waals surface area contributed by atoms with E-state index in [0.29, 0.717) is 0 Å². The van der Waals surface area contributed by atoms with Crippen LogP contribution in [0.25, 0.3) is 0 Å². The van der Waals surface area contributed by atoms with Gasteiger partial charge in [-0.3, -0.25) is 0 Å². The molecule has 0 aromatic heterocycles. The van der Waals surface area contributed by atoms with Crippen LogP contribution in [0.4, 0.5) is 0 Å². The summed E-state index contributed by atoms with van der Waals surface area (Å²) in [6, 6.07) is 0. The van der Waals surface area contributed by atoms with E-state index in [-0.39, 0.29) is 0 Å². The summed E-state index contributed by atoms with van der Waals surface area (Å²) >= 11 is 0. The van der Waals surface area contributed by atoms with E-state index in [2.05, 4.69) is 12.2 Å². The molecule has 4 aliphatic carbocycles. The highest BCUT2D eigenvalue weighted by atomic mass is 14.6. The minimum absolute atomic E-state index is 0.974. The Morgan fingerprint density at radius 3 is 1.83 bits per heavy atom. The van der Waals surface area contributed by atoms with Crippen molar-refractivity contribution in [1.82, 2.24) is 0 Å². The molecule has 0 aromatic carbocycles. The Balaban J connectivity index is 1.95. The zero-order chi connectivity index (χ0) is 7.71. The summed E-state index contributed by atoms with van der Waals surface area (Å²) in [6.45, 7) is 0. The second-order valence-electron chi connectivity index (χ2n) is 4.94. The highest BCUT2D eigenvalue weighted by Crippen LogP contribution is 2.61. The van der Waals surface area contributed by atoms with Crippen LogP contribution in [0, 0.1) is 23.7 Å². The van der Waals surface area contributed by atoms with Crippen LogP contribution < -0.4 is 0 Å². The van der Waals surface area contributed by atoms with Crippen LogP contribution in [0.15, 0.2) is 23.3 Å². The van der Waals surface area contributed by atoms with Gasteiger partial charge >= 0.3 is 0 Å². The molecule has 4 aliphatic rings. The molecule has 0 amide bonds. The average molecular weight is 158 g/mol. The van der Waals surface area contributed by atoms with Gasteiger partial charge in [-0.2, -0.15) is 0 Å². The fourth-order valence-corrected chi connectivity index (χ4v) is 4.22. The van der Waals surface area contributed by atoms with E-state index in [1.807, 2.05) is 11.1 Å². The molecule has 2 fully saturated rings. The van der Waals surface area contributed by atoms with E-state index in [1.165, 1.54) is 25.7 Å². The molecule has 0 radical (unpaired) electrons. The summed E-state index contributed by atoms with van der Waals surface area (Å²) in [7, 11) is 0. The molecule has 0 spiro atoms. The molecule has 0 heteroatoms. The third-order valence-electron chi connectivity index (χ3n) is 4.55. The minimum Gasteiger partial charge on any atom is -0.0813 e. The molecule has 0 bridgehead atoms. The lowest BCUT2D eigenvalue weighted by molar-refractivity contribution is 0.395. The topological polar surface area (TPSA) is 0 Å². The van der Waals surface area contributed by atoms with Crippen molar-refractivity contribution in [1.29, 1.82) is 0 Å². The van der Waals surface area contributed by atoms with Crippen molar-refractivity contribution in [3.8, 4) is 0 Å². The smallest absolute Gasteiger partial charge is 0.00687 e. The summed E-state index contributed by atoms with van der Waals surface area (Å²) in [5.74, 6) is 3.96. The SMILES string of the molecule is C1=C2CC[C@H]3C=C4CC[C@H]1[C@H]4[C@@H]23. The van der Waals surface area contributed by atoms with E-state index in [9.17, 15) is 0 Å². The Labute approximate surface area is 73.4 Å². The van der Waals surface area contributed by atoms with Gasteiger partial charge in [0.1, 0.15) is 0 Å². The highest BCUT2D eigenvalue weighted by Gasteiger charge is 2.51. The van der Waals surface area contributed by atoms with Gasteiger partial charge < -0.3 is 0 Å². The lowest BCUT2D eigenvalue weighted by atomic mass is 9.88. The van der Waals surface area contributed by atoms with E-state index in [4.69, 9.17) is 0 Å². The van der Waals surface area contributed by atoms with Gasteiger partial charge in [-0.25, -0.2) is 0 Å². The molecule has 0 unspecified atom stereocenters. The van der Waals surface area contributed by atoms with Gasteiger partial charge in [-0.15, -0.1) is 0 Å². The minimum atomic E-state index is 0.974. The average Bonchev–Trinajstić information content (AvgIpc) is 2.71. The molecule has 0 aliphatic heterocycles. The van der Waals surface area contributed by atoms with Crippen LogP contribution >= 0.6 is 0 Å². The molecule has 12 heavy (non-hydrogen) atoms. The first-order valence-electron chi connectivity index (χ1n) is 5.34. The van der Waals surface area contributed by atoms with E-state index in [0.717, 1.165) is 23.7 Å². The van der Waals surface area contributed by atoms with Crippen LogP contribution in [0.3, 0.4) is 0 Å². The van der Waals surface area contributed by atoms with E-state index >= 15 is 0 Å². The predicted molar refractivity (Wildman–Crippen MR) is 48.6 cm³/mol. The van der Waals surface area contributed by atoms with Crippen molar-refractivity contribution in [2.75, 3.05) is 0 Å². The second kappa shape index (κ2) is 1.71. The maximum Gasteiger partial charge on any atom is -0.00687 e. The van der Waals surface area contributed by atoms with Crippen molar-refractivity contribution in [2.24, 2.45) is 23.7 Å². The number of hydrogen-bond donors (Lipinski definition) is 0. The Kier molecular flexibility index (Phi) is 0.856. The van der Waals surface area contributed by atoms with Crippen LogP contribution in [0.5, 0.6) is 0 Å². The van der Waals surface area contributed by atoms with Crippen molar-refractivity contribution >= 4 is 0 Å². The molecule has 2 saturated carbocycles. The molecule has 4 atom stereocenters. The van der Waals surface area contributed by atoms with Crippen molar-refractivity contribution in [3.05, 3.63) is 23.3 Å². The molecule has 0 N–H and O–H groups in total. The summed E-state index contributed by atoms with van der Waals surface area (Å²) in [6.07, 6.45) is 11.0. The Bertz CT molecular complexity index is 276. The predicted octanol–water partition coefficient (Wildman–Crippen LogP) is 2.92. The van der Waals surface area contributed by atoms with Crippen LogP contribution in [0.1, 0.15) is 25.7 Å². The summed E-state index contributed by atoms with van der Waals surface area (Å²) < 4.78 is 0. The van der Waals surface area contributed by atoms with Gasteiger partial charge in [0.15, 0.2) is 0 Å². The van der Waals surface area contributed by atoms with Crippen LogP contribution in [-0.4, -0.2) is 0 Å². The third kappa shape index (κ3) is 0.485. The monoisotopic (exact) mass is 158 g/mol. The maximum absolute atomic E-state index is 2.63. The van der Waals surface area contributed by atoms with Gasteiger partial charge in [0.25, 0.3) is 0 Å². The van der Waals surface area contributed by atoms with Gasteiger partial charge in [0.2, 0.25) is 0 Å². The van der Waals surface area contributed by atoms with Crippen molar-refractivity contribution in [3.63, 3.8) is 0 Å². The fourth-order valence-electron chi connectivity index (χ4n) is 4.22. The Morgan fingerprint density at radius 1 is 0.833 bits per heavy atom. The molecule has 0 nitrogen and oxygen atoms in total. The normalized spacial score (nSPS) is 52.7. The van der Waals surface area contributed by atoms with Crippen LogP contribution in [-0.2, 0) is 0 Å².